The first-order valence-corrected chi connectivity index (χ1v) is 7.63. The SMILES string of the molecule is COc1ccc(Oc2ccc(C(=O)N(C)c3cccnc3)cn2)cc1. The van der Waals surface area contributed by atoms with Gasteiger partial charge in [-0.2, -0.15) is 0 Å². The van der Waals surface area contributed by atoms with Crippen molar-refractivity contribution >= 4 is 11.6 Å². The first kappa shape index (κ1) is 16.4. The Bertz CT molecular complexity index is 834. The van der Waals surface area contributed by atoms with Crippen molar-refractivity contribution in [1.82, 2.24) is 9.97 Å². The highest BCUT2D eigenvalue weighted by Crippen LogP contribution is 2.22. The zero-order chi connectivity index (χ0) is 17.6. The van der Waals surface area contributed by atoms with Gasteiger partial charge < -0.3 is 14.4 Å². The number of amides is 1. The Morgan fingerprint density at radius 2 is 1.76 bits per heavy atom. The molecule has 0 N–H and O–H groups in total. The number of nitrogens with zero attached hydrogens (tertiary/aromatic N) is 3. The number of aromatic nitrogens is 2. The summed E-state index contributed by atoms with van der Waals surface area (Å²) < 4.78 is 10.8. The van der Waals surface area contributed by atoms with Gasteiger partial charge in [0, 0.05) is 25.5 Å². The molecule has 6 heteroatoms. The maximum Gasteiger partial charge on any atom is 0.259 e. The van der Waals surface area contributed by atoms with E-state index in [4.69, 9.17) is 9.47 Å². The monoisotopic (exact) mass is 335 g/mol. The molecule has 3 rings (SSSR count). The highest BCUT2D eigenvalue weighted by Gasteiger charge is 2.14. The molecule has 2 aromatic heterocycles. The normalized spacial score (nSPS) is 10.2. The summed E-state index contributed by atoms with van der Waals surface area (Å²) in [6, 6.07) is 14.1. The standard InChI is InChI=1S/C19H17N3O3/c1-22(15-4-3-11-20-13-15)19(23)14-5-10-18(21-12-14)25-17-8-6-16(24-2)7-9-17/h3-13H,1-2H3. The topological polar surface area (TPSA) is 64.6 Å². The van der Waals surface area contributed by atoms with E-state index in [9.17, 15) is 4.79 Å². The minimum absolute atomic E-state index is 0.170. The minimum atomic E-state index is -0.170. The van der Waals surface area contributed by atoms with Gasteiger partial charge in [-0.25, -0.2) is 4.98 Å². The van der Waals surface area contributed by atoms with Gasteiger partial charge in [-0.15, -0.1) is 0 Å². The summed E-state index contributed by atoms with van der Waals surface area (Å²) in [4.78, 5) is 22.2. The molecule has 0 spiro atoms. The second-order valence-electron chi connectivity index (χ2n) is 5.24. The van der Waals surface area contributed by atoms with Crippen molar-refractivity contribution in [3.63, 3.8) is 0 Å². The molecule has 126 valence electrons. The number of anilines is 1. The van der Waals surface area contributed by atoms with Crippen LogP contribution in [0.25, 0.3) is 0 Å². The molecule has 6 nitrogen and oxygen atoms in total. The van der Waals surface area contributed by atoms with Crippen LogP contribution < -0.4 is 14.4 Å². The summed E-state index contributed by atoms with van der Waals surface area (Å²) in [6.45, 7) is 0. The smallest absolute Gasteiger partial charge is 0.259 e. The molecule has 0 aliphatic heterocycles. The molecule has 25 heavy (non-hydrogen) atoms. The maximum atomic E-state index is 12.5. The second-order valence-corrected chi connectivity index (χ2v) is 5.24. The third-order valence-corrected chi connectivity index (χ3v) is 3.60. The van der Waals surface area contributed by atoms with E-state index in [1.54, 1.807) is 69.0 Å². The number of rotatable bonds is 5. The number of ether oxygens (including phenoxy) is 2. The molecule has 0 saturated carbocycles. The van der Waals surface area contributed by atoms with Gasteiger partial charge in [0.2, 0.25) is 5.88 Å². The fourth-order valence-corrected chi connectivity index (χ4v) is 2.19. The first-order valence-electron chi connectivity index (χ1n) is 7.63. The van der Waals surface area contributed by atoms with Crippen molar-refractivity contribution in [3.8, 4) is 17.4 Å². The average Bonchev–Trinajstić information content (AvgIpc) is 2.69. The van der Waals surface area contributed by atoms with E-state index in [0.717, 1.165) is 5.75 Å². The molecule has 0 fully saturated rings. The van der Waals surface area contributed by atoms with Crippen LogP contribution >= 0.6 is 0 Å². The van der Waals surface area contributed by atoms with Crippen LogP contribution in [0.5, 0.6) is 17.4 Å². The lowest BCUT2D eigenvalue weighted by Gasteiger charge is -2.16. The van der Waals surface area contributed by atoms with Crippen LogP contribution in [-0.4, -0.2) is 30.0 Å². The Labute approximate surface area is 145 Å². The summed E-state index contributed by atoms with van der Waals surface area (Å²) >= 11 is 0. The van der Waals surface area contributed by atoms with Crippen LogP contribution in [0.2, 0.25) is 0 Å². The third kappa shape index (κ3) is 3.92. The zero-order valence-corrected chi connectivity index (χ0v) is 13.9. The Hall–Kier alpha value is -3.41. The van der Waals surface area contributed by atoms with Gasteiger partial charge in [-0.3, -0.25) is 9.78 Å². The van der Waals surface area contributed by atoms with Crippen LogP contribution in [0.1, 0.15) is 10.4 Å². The van der Waals surface area contributed by atoms with Crippen LogP contribution in [0.4, 0.5) is 5.69 Å². The number of carbonyl (C=O) groups excluding carboxylic acids is 1. The summed E-state index contributed by atoms with van der Waals surface area (Å²) in [5.74, 6) is 1.63. The molecule has 0 unspecified atom stereocenters. The summed E-state index contributed by atoms with van der Waals surface area (Å²) in [6.07, 6.45) is 4.79. The van der Waals surface area contributed by atoms with E-state index in [1.807, 2.05) is 6.07 Å². The van der Waals surface area contributed by atoms with Crippen molar-refractivity contribution in [2.24, 2.45) is 0 Å². The van der Waals surface area contributed by atoms with Gasteiger partial charge in [0.1, 0.15) is 11.5 Å². The van der Waals surface area contributed by atoms with Crippen molar-refractivity contribution < 1.29 is 14.3 Å². The predicted molar refractivity (Wildman–Crippen MR) is 94.3 cm³/mol. The van der Waals surface area contributed by atoms with E-state index in [-0.39, 0.29) is 5.91 Å². The molecular formula is C19H17N3O3. The zero-order valence-electron chi connectivity index (χ0n) is 13.9. The molecule has 0 aliphatic rings. The molecule has 0 radical (unpaired) electrons. The van der Waals surface area contributed by atoms with Crippen molar-refractivity contribution in [2.75, 3.05) is 19.1 Å². The Kier molecular flexibility index (Phi) is 4.89. The van der Waals surface area contributed by atoms with Gasteiger partial charge in [0.15, 0.2) is 0 Å². The minimum Gasteiger partial charge on any atom is -0.497 e. The number of methoxy groups -OCH3 is 1. The molecule has 2 heterocycles. The van der Waals surface area contributed by atoms with Crippen molar-refractivity contribution in [1.29, 1.82) is 0 Å². The maximum absolute atomic E-state index is 12.5. The first-order chi connectivity index (χ1) is 12.2. The van der Waals surface area contributed by atoms with Gasteiger partial charge in [0.05, 0.1) is 24.6 Å². The summed E-state index contributed by atoms with van der Waals surface area (Å²) in [5, 5.41) is 0. The van der Waals surface area contributed by atoms with E-state index in [1.165, 1.54) is 11.1 Å². The van der Waals surface area contributed by atoms with Gasteiger partial charge in [-0.1, -0.05) is 0 Å². The van der Waals surface area contributed by atoms with E-state index in [0.29, 0.717) is 22.9 Å². The van der Waals surface area contributed by atoms with E-state index in [2.05, 4.69) is 9.97 Å². The molecular weight excluding hydrogens is 318 g/mol. The number of carbonyl (C=O) groups is 1. The lowest BCUT2D eigenvalue weighted by molar-refractivity contribution is 0.0992. The Morgan fingerprint density at radius 1 is 1.00 bits per heavy atom. The highest BCUT2D eigenvalue weighted by atomic mass is 16.5. The largest absolute Gasteiger partial charge is 0.497 e. The lowest BCUT2D eigenvalue weighted by atomic mass is 10.2. The number of pyridine rings is 2. The lowest BCUT2D eigenvalue weighted by Crippen LogP contribution is -2.26. The van der Waals surface area contributed by atoms with Gasteiger partial charge in [-0.05, 0) is 42.5 Å². The van der Waals surface area contributed by atoms with Gasteiger partial charge >= 0.3 is 0 Å². The van der Waals surface area contributed by atoms with Crippen LogP contribution in [0.3, 0.4) is 0 Å². The average molecular weight is 335 g/mol. The third-order valence-electron chi connectivity index (χ3n) is 3.60. The molecule has 3 aromatic rings. The highest BCUT2D eigenvalue weighted by molar-refractivity contribution is 6.05. The molecule has 0 saturated heterocycles. The fraction of sp³-hybridized carbons (Fsp3) is 0.105. The van der Waals surface area contributed by atoms with E-state index < -0.39 is 0 Å². The summed E-state index contributed by atoms with van der Waals surface area (Å²) in [7, 11) is 3.30. The molecule has 0 atom stereocenters. The van der Waals surface area contributed by atoms with Crippen LogP contribution in [0.15, 0.2) is 67.1 Å². The number of hydrogen-bond acceptors (Lipinski definition) is 5. The van der Waals surface area contributed by atoms with Crippen molar-refractivity contribution in [3.05, 3.63) is 72.7 Å². The Balaban J connectivity index is 1.70. The molecule has 1 aromatic carbocycles. The van der Waals surface area contributed by atoms with Gasteiger partial charge in [0.25, 0.3) is 5.91 Å². The summed E-state index contributed by atoms with van der Waals surface area (Å²) in [5.41, 5.74) is 1.18. The van der Waals surface area contributed by atoms with Crippen molar-refractivity contribution in [2.45, 2.75) is 0 Å². The second kappa shape index (κ2) is 7.44. The molecule has 0 aliphatic carbocycles. The quantitative estimate of drug-likeness (QED) is 0.713. The fourth-order valence-electron chi connectivity index (χ4n) is 2.19. The number of hydrogen-bond donors (Lipinski definition) is 0. The molecule has 1 amide bonds. The Morgan fingerprint density at radius 3 is 2.36 bits per heavy atom. The predicted octanol–water partition coefficient (Wildman–Crippen LogP) is 3.55. The van der Waals surface area contributed by atoms with E-state index >= 15 is 0 Å². The van der Waals surface area contributed by atoms with Crippen LogP contribution in [-0.2, 0) is 0 Å². The molecule has 0 bridgehead atoms. The number of benzene rings is 1. The van der Waals surface area contributed by atoms with Crippen LogP contribution in [0, 0.1) is 0 Å².